The van der Waals surface area contributed by atoms with Crippen molar-refractivity contribution < 1.29 is 9.90 Å². The van der Waals surface area contributed by atoms with Gasteiger partial charge in [0.05, 0.1) is 5.52 Å². The minimum Gasteiger partial charge on any atom is -0.477 e. The standard InChI is InChI=1S/C13H12ClNO3/c1-2-5-15-7-10(13(17)18)12(16)9-6-8(14)3-4-11(9)15/h3-4,6-7H,2,5H2,1H3,(H,17,18). The van der Waals surface area contributed by atoms with Gasteiger partial charge in [0.1, 0.15) is 5.56 Å². The number of carboxylic acid groups (broad SMARTS) is 1. The minimum atomic E-state index is -1.22. The second kappa shape index (κ2) is 4.82. The SMILES string of the molecule is CCCn1cc(C(=O)O)c(=O)c2cc(Cl)ccc21. The molecule has 0 radical (unpaired) electrons. The summed E-state index contributed by atoms with van der Waals surface area (Å²) in [4.78, 5) is 23.1. The van der Waals surface area contributed by atoms with Crippen LogP contribution in [0.3, 0.4) is 0 Å². The molecule has 2 aromatic rings. The number of halogens is 1. The van der Waals surface area contributed by atoms with Crippen molar-refractivity contribution in [1.82, 2.24) is 4.57 Å². The zero-order chi connectivity index (χ0) is 13.3. The molecule has 0 amide bonds. The molecule has 1 aromatic carbocycles. The summed E-state index contributed by atoms with van der Waals surface area (Å²) in [6, 6.07) is 4.94. The first-order valence-corrected chi connectivity index (χ1v) is 5.98. The summed E-state index contributed by atoms with van der Waals surface area (Å²) >= 11 is 5.86. The van der Waals surface area contributed by atoms with Gasteiger partial charge in [-0.15, -0.1) is 0 Å². The maximum atomic E-state index is 12.0. The summed E-state index contributed by atoms with van der Waals surface area (Å²) in [6.45, 7) is 2.64. The number of fused-ring (bicyclic) bond motifs is 1. The van der Waals surface area contributed by atoms with Gasteiger partial charge in [0.2, 0.25) is 5.43 Å². The highest BCUT2D eigenvalue weighted by Gasteiger charge is 2.14. The van der Waals surface area contributed by atoms with E-state index in [2.05, 4.69) is 0 Å². The molecule has 1 heterocycles. The summed E-state index contributed by atoms with van der Waals surface area (Å²) in [5, 5.41) is 9.81. The Morgan fingerprint density at radius 1 is 1.44 bits per heavy atom. The Balaban J connectivity index is 2.87. The Bertz CT molecular complexity index is 676. The fourth-order valence-electron chi connectivity index (χ4n) is 1.95. The fourth-order valence-corrected chi connectivity index (χ4v) is 2.12. The smallest absolute Gasteiger partial charge is 0.341 e. The predicted octanol–water partition coefficient (Wildman–Crippen LogP) is 2.76. The van der Waals surface area contributed by atoms with Crippen LogP contribution in [0, 0.1) is 0 Å². The molecular weight excluding hydrogens is 254 g/mol. The van der Waals surface area contributed by atoms with Crippen LogP contribution in [-0.2, 0) is 6.54 Å². The average molecular weight is 266 g/mol. The molecule has 4 nitrogen and oxygen atoms in total. The zero-order valence-corrected chi connectivity index (χ0v) is 10.6. The molecule has 0 saturated carbocycles. The van der Waals surface area contributed by atoms with Crippen LogP contribution in [0.5, 0.6) is 0 Å². The lowest BCUT2D eigenvalue weighted by Crippen LogP contribution is -2.18. The third-order valence-corrected chi connectivity index (χ3v) is 2.97. The molecule has 0 aliphatic rings. The molecule has 0 unspecified atom stereocenters. The number of aromatic carboxylic acids is 1. The van der Waals surface area contributed by atoms with Crippen LogP contribution in [0.2, 0.25) is 5.02 Å². The summed E-state index contributed by atoms with van der Waals surface area (Å²) in [6.07, 6.45) is 2.24. The maximum Gasteiger partial charge on any atom is 0.341 e. The molecule has 2 rings (SSSR count). The van der Waals surface area contributed by atoms with E-state index in [-0.39, 0.29) is 5.56 Å². The molecule has 0 spiro atoms. The van der Waals surface area contributed by atoms with Crippen molar-refractivity contribution in [2.24, 2.45) is 0 Å². The fraction of sp³-hybridized carbons (Fsp3) is 0.231. The lowest BCUT2D eigenvalue weighted by atomic mass is 10.1. The first kappa shape index (κ1) is 12.6. The van der Waals surface area contributed by atoms with E-state index in [1.54, 1.807) is 16.7 Å². The molecule has 1 aromatic heterocycles. The molecule has 0 fully saturated rings. The topological polar surface area (TPSA) is 59.3 Å². The first-order chi connectivity index (χ1) is 8.54. The van der Waals surface area contributed by atoms with Gasteiger partial charge in [-0.3, -0.25) is 4.79 Å². The number of benzene rings is 1. The lowest BCUT2D eigenvalue weighted by Gasteiger charge is -2.11. The Kier molecular flexibility index (Phi) is 3.39. The first-order valence-electron chi connectivity index (χ1n) is 5.60. The van der Waals surface area contributed by atoms with Gasteiger partial charge in [-0.2, -0.15) is 0 Å². The number of hydrogen-bond donors (Lipinski definition) is 1. The third-order valence-electron chi connectivity index (χ3n) is 2.74. The molecule has 0 aliphatic carbocycles. The van der Waals surface area contributed by atoms with Gasteiger partial charge in [-0.05, 0) is 24.6 Å². The van der Waals surface area contributed by atoms with E-state index in [4.69, 9.17) is 16.7 Å². The molecule has 0 bridgehead atoms. The molecule has 18 heavy (non-hydrogen) atoms. The van der Waals surface area contributed by atoms with Crippen LogP contribution in [0.15, 0.2) is 29.2 Å². The van der Waals surface area contributed by atoms with Crippen molar-refractivity contribution >= 4 is 28.5 Å². The van der Waals surface area contributed by atoms with E-state index < -0.39 is 11.4 Å². The monoisotopic (exact) mass is 265 g/mol. The number of rotatable bonds is 3. The molecule has 0 atom stereocenters. The molecule has 94 valence electrons. The van der Waals surface area contributed by atoms with E-state index in [9.17, 15) is 9.59 Å². The van der Waals surface area contributed by atoms with E-state index in [1.165, 1.54) is 12.3 Å². The number of hydrogen-bond acceptors (Lipinski definition) is 2. The number of nitrogens with zero attached hydrogens (tertiary/aromatic N) is 1. The van der Waals surface area contributed by atoms with E-state index >= 15 is 0 Å². The zero-order valence-electron chi connectivity index (χ0n) is 9.81. The van der Waals surface area contributed by atoms with Gasteiger partial charge in [-0.1, -0.05) is 18.5 Å². The molecular formula is C13H12ClNO3. The summed E-state index contributed by atoms with van der Waals surface area (Å²) in [7, 11) is 0. The van der Waals surface area contributed by atoms with Crippen molar-refractivity contribution in [1.29, 1.82) is 0 Å². The predicted molar refractivity (Wildman–Crippen MR) is 70.5 cm³/mol. The number of aromatic nitrogens is 1. The average Bonchev–Trinajstić information content (AvgIpc) is 2.32. The van der Waals surface area contributed by atoms with Crippen molar-refractivity contribution in [3.05, 3.63) is 45.2 Å². The van der Waals surface area contributed by atoms with E-state index in [0.717, 1.165) is 6.42 Å². The van der Waals surface area contributed by atoms with Gasteiger partial charge in [0, 0.05) is 23.2 Å². The van der Waals surface area contributed by atoms with Crippen LogP contribution in [0.1, 0.15) is 23.7 Å². The molecule has 0 saturated heterocycles. The van der Waals surface area contributed by atoms with Crippen molar-refractivity contribution in [3.8, 4) is 0 Å². The maximum absolute atomic E-state index is 12.0. The van der Waals surface area contributed by atoms with Crippen LogP contribution in [0.4, 0.5) is 0 Å². The second-order valence-electron chi connectivity index (χ2n) is 4.03. The van der Waals surface area contributed by atoms with Crippen LogP contribution < -0.4 is 5.43 Å². The van der Waals surface area contributed by atoms with Gasteiger partial charge in [0.25, 0.3) is 0 Å². The van der Waals surface area contributed by atoms with Crippen LogP contribution in [0.25, 0.3) is 10.9 Å². The molecule has 1 N–H and O–H groups in total. The largest absolute Gasteiger partial charge is 0.477 e. The van der Waals surface area contributed by atoms with Gasteiger partial charge in [-0.25, -0.2) is 4.79 Å². The van der Waals surface area contributed by atoms with Crippen molar-refractivity contribution in [2.75, 3.05) is 0 Å². The highest BCUT2D eigenvalue weighted by molar-refractivity contribution is 6.31. The molecule has 5 heteroatoms. The molecule has 0 aliphatic heterocycles. The summed E-state index contributed by atoms with van der Waals surface area (Å²) in [5.41, 5.74) is -0.0122. The highest BCUT2D eigenvalue weighted by atomic mass is 35.5. The number of carboxylic acids is 1. The van der Waals surface area contributed by atoms with Gasteiger partial charge < -0.3 is 9.67 Å². The summed E-state index contributed by atoms with van der Waals surface area (Å²) < 4.78 is 1.77. The van der Waals surface area contributed by atoms with E-state index in [0.29, 0.717) is 22.5 Å². The Morgan fingerprint density at radius 2 is 2.17 bits per heavy atom. The van der Waals surface area contributed by atoms with Gasteiger partial charge in [0.15, 0.2) is 0 Å². The minimum absolute atomic E-state index is 0.224. The Morgan fingerprint density at radius 3 is 2.78 bits per heavy atom. The van der Waals surface area contributed by atoms with Crippen LogP contribution >= 0.6 is 11.6 Å². The van der Waals surface area contributed by atoms with E-state index in [1.807, 2.05) is 6.92 Å². The number of pyridine rings is 1. The van der Waals surface area contributed by atoms with Crippen molar-refractivity contribution in [3.63, 3.8) is 0 Å². The highest BCUT2D eigenvalue weighted by Crippen LogP contribution is 2.18. The number of aryl methyl sites for hydroxylation is 1. The van der Waals surface area contributed by atoms with Crippen molar-refractivity contribution in [2.45, 2.75) is 19.9 Å². The van der Waals surface area contributed by atoms with Gasteiger partial charge >= 0.3 is 5.97 Å². The normalized spacial score (nSPS) is 10.8. The van der Waals surface area contributed by atoms with Crippen LogP contribution in [-0.4, -0.2) is 15.6 Å². The Labute approximate surface area is 108 Å². The second-order valence-corrected chi connectivity index (χ2v) is 4.47. The number of carbonyl (C=O) groups is 1. The Hall–Kier alpha value is -1.81. The summed E-state index contributed by atoms with van der Waals surface area (Å²) in [5.74, 6) is -1.22. The quantitative estimate of drug-likeness (QED) is 0.928. The third kappa shape index (κ3) is 2.11. The lowest BCUT2D eigenvalue weighted by molar-refractivity contribution is 0.0695.